The molecule has 0 radical (unpaired) electrons. The molecule has 1 atom stereocenters. The van der Waals surface area contributed by atoms with E-state index in [-0.39, 0.29) is 23.6 Å². The molecular weight excluding hydrogens is 414 g/mol. The summed E-state index contributed by atoms with van der Waals surface area (Å²) in [5, 5.41) is 10.7. The Hall–Kier alpha value is -1.77. The largest absolute Gasteiger partial charge is 0.459 e. The van der Waals surface area contributed by atoms with Gasteiger partial charge in [0.2, 0.25) is 0 Å². The number of halogens is 1. The van der Waals surface area contributed by atoms with Gasteiger partial charge in [0.25, 0.3) is 0 Å². The van der Waals surface area contributed by atoms with E-state index in [1.165, 1.54) is 0 Å². The van der Waals surface area contributed by atoms with E-state index < -0.39 is 15.4 Å². The van der Waals surface area contributed by atoms with E-state index in [0.29, 0.717) is 23.7 Å². The molecule has 1 saturated carbocycles. The smallest absolute Gasteiger partial charge is 0.319 e. The standard InChI is InChI=1S/C20H24ClN3O4S/c21-15-9-12-8-14(10-22-13-4-7-29(26,27)11-13)28-18(12)16-17(15)23-19(25)24-20(16)5-2-1-3-6-20/h8-9,13,22H,1-7,10-11H2,(H2,23,24,25). The van der Waals surface area contributed by atoms with E-state index in [1.54, 1.807) is 0 Å². The number of benzene rings is 1. The third-order valence-corrected chi connectivity index (χ3v) is 8.45. The predicted molar refractivity (Wildman–Crippen MR) is 112 cm³/mol. The highest BCUT2D eigenvalue weighted by atomic mass is 35.5. The molecule has 1 aromatic heterocycles. The van der Waals surface area contributed by atoms with Crippen molar-refractivity contribution in [3.8, 4) is 0 Å². The lowest BCUT2D eigenvalue weighted by Gasteiger charge is -2.42. The number of urea groups is 1. The van der Waals surface area contributed by atoms with Gasteiger partial charge in [0.05, 0.1) is 34.3 Å². The third kappa shape index (κ3) is 3.41. The summed E-state index contributed by atoms with van der Waals surface area (Å²) in [6.45, 7) is 0.452. The molecule has 3 N–H and O–H groups in total. The van der Waals surface area contributed by atoms with E-state index in [9.17, 15) is 13.2 Å². The number of fused-ring (bicyclic) bond motifs is 4. The van der Waals surface area contributed by atoms with E-state index in [2.05, 4.69) is 16.0 Å². The lowest BCUT2D eigenvalue weighted by Crippen LogP contribution is -2.52. The lowest BCUT2D eigenvalue weighted by molar-refractivity contribution is 0.209. The zero-order valence-corrected chi connectivity index (χ0v) is 17.6. The van der Waals surface area contributed by atoms with Gasteiger partial charge in [-0.3, -0.25) is 0 Å². The summed E-state index contributed by atoms with van der Waals surface area (Å²) in [5.74, 6) is 1.15. The second-order valence-corrected chi connectivity index (χ2v) is 11.1. The number of rotatable bonds is 3. The summed E-state index contributed by atoms with van der Waals surface area (Å²) in [6, 6.07) is 3.50. The Morgan fingerprint density at radius 1 is 1.24 bits per heavy atom. The normalized spacial score (nSPS) is 25.0. The van der Waals surface area contributed by atoms with Crippen molar-refractivity contribution in [1.82, 2.24) is 10.6 Å². The maximum atomic E-state index is 12.3. The van der Waals surface area contributed by atoms with Crippen LogP contribution in [0.5, 0.6) is 0 Å². The van der Waals surface area contributed by atoms with Crippen molar-refractivity contribution in [2.24, 2.45) is 0 Å². The molecular formula is C20H24ClN3O4S. The number of carbonyl (C=O) groups is 1. The van der Waals surface area contributed by atoms with Gasteiger partial charge in [-0.15, -0.1) is 0 Å². The van der Waals surface area contributed by atoms with Gasteiger partial charge in [-0.25, -0.2) is 13.2 Å². The van der Waals surface area contributed by atoms with Crippen LogP contribution in [0.4, 0.5) is 10.5 Å². The fourth-order valence-corrected chi connectivity index (χ4v) is 6.99. The van der Waals surface area contributed by atoms with Crippen molar-refractivity contribution in [1.29, 1.82) is 0 Å². The molecule has 2 fully saturated rings. The second kappa shape index (κ2) is 6.89. The fourth-order valence-electron chi connectivity index (χ4n) is 5.02. The number of hydrogen-bond acceptors (Lipinski definition) is 5. The van der Waals surface area contributed by atoms with Crippen molar-refractivity contribution in [3.63, 3.8) is 0 Å². The first-order valence-corrected chi connectivity index (χ1v) is 12.3. The Labute approximate surface area is 174 Å². The molecule has 2 amide bonds. The molecule has 0 bridgehead atoms. The summed E-state index contributed by atoms with van der Waals surface area (Å²) in [4.78, 5) is 12.3. The summed E-state index contributed by atoms with van der Waals surface area (Å²) in [5.41, 5.74) is 1.87. The molecule has 2 aromatic rings. The first-order chi connectivity index (χ1) is 13.9. The summed E-state index contributed by atoms with van der Waals surface area (Å²) in [6.07, 6.45) is 5.58. The number of furan rings is 1. The molecule has 7 nitrogen and oxygen atoms in total. The molecule has 156 valence electrons. The third-order valence-electron chi connectivity index (χ3n) is 6.38. The van der Waals surface area contributed by atoms with Crippen LogP contribution < -0.4 is 16.0 Å². The number of carbonyl (C=O) groups excluding carboxylic acids is 1. The number of nitrogens with one attached hydrogen (secondary N) is 3. The quantitative estimate of drug-likeness (QED) is 0.680. The molecule has 1 unspecified atom stereocenters. The molecule has 5 rings (SSSR count). The number of amides is 2. The molecule has 1 aromatic carbocycles. The van der Waals surface area contributed by atoms with Crippen molar-refractivity contribution in [2.45, 2.75) is 56.7 Å². The van der Waals surface area contributed by atoms with Crippen LogP contribution in [-0.2, 0) is 21.9 Å². The Kier molecular flexibility index (Phi) is 4.56. The zero-order chi connectivity index (χ0) is 20.2. The van der Waals surface area contributed by atoms with Gasteiger partial charge in [0.1, 0.15) is 11.3 Å². The minimum Gasteiger partial charge on any atom is -0.459 e. The Morgan fingerprint density at radius 2 is 2.03 bits per heavy atom. The molecule has 29 heavy (non-hydrogen) atoms. The number of hydrogen-bond donors (Lipinski definition) is 3. The molecule has 1 spiro atoms. The van der Waals surface area contributed by atoms with Crippen molar-refractivity contribution in [3.05, 3.63) is 28.5 Å². The van der Waals surface area contributed by atoms with E-state index in [0.717, 1.165) is 54.4 Å². The Morgan fingerprint density at radius 3 is 2.76 bits per heavy atom. The predicted octanol–water partition coefficient (Wildman–Crippen LogP) is 3.66. The van der Waals surface area contributed by atoms with Gasteiger partial charge in [0, 0.05) is 17.0 Å². The molecule has 1 aliphatic carbocycles. The van der Waals surface area contributed by atoms with Gasteiger partial charge < -0.3 is 20.4 Å². The highest BCUT2D eigenvalue weighted by Gasteiger charge is 2.43. The maximum Gasteiger partial charge on any atom is 0.319 e. The summed E-state index contributed by atoms with van der Waals surface area (Å²) in [7, 11) is -2.93. The highest BCUT2D eigenvalue weighted by molar-refractivity contribution is 7.91. The van der Waals surface area contributed by atoms with Crippen LogP contribution >= 0.6 is 11.6 Å². The molecule has 3 aliphatic rings. The monoisotopic (exact) mass is 437 g/mol. The van der Waals surface area contributed by atoms with Crippen LogP contribution in [0.3, 0.4) is 0 Å². The highest BCUT2D eigenvalue weighted by Crippen LogP contribution is 2.48. The van der Waals surface area contributed by atoms with E-state index >= 15 is 0 Å². The van der Waals surface area contributed by atoms with E-state index in [1.807, 2.05) is 12.1 Å². The Balaban J connectivity index is 1.51. The first-order valence-electron chi connectivity index (χ1n) is 10.1. The number of sulfone groups is 1. The second-order valence-electron chi connectivity index (χ2n) is 8.44. The topological polar surface area (TPSA) is 100 Å². The van der Waals surface area contributed by atoms with Gasteiger partial charge >= 0.3 is 6.03 Å². The lowest BCUT2D eigenvalue weighted by atomic mass is 9.74. The minimum atomic E-state index is -2.93. The average Bonchev–Trinajstić information content (AvgIpc) is 3.22. The van der Waals surface area contributed by atoms with Gasteiger partial charge in [0.15, 0.2) is 9.84 Å². The van der Waals surface area contributed by atoms with Gasteiger partial charge in [-0.2, -0.15) is 0 Å². The molecule has 2 aliphatic heterocycles. The van der Waals surface area contributed by atoms with Crippen molar-refractivity contribution in [2.75, 3.05) is 16.8 Å². The van der Waals surface area contributed by atoms with Crippen LogP contribution in [0.1, 0.15) is 49.8 Å². The van der Waals surface area contributed by atoms with Crippen LogP contribution in [-0.4, -0.2) is 32.0 Å². The SMILES string of the molecule is O=C1Nc2c(Cl)cc3cc(CNC4CCS(=O)(=O)C4)oc3c2C2(CCCCC2)N1. The van der Waals surface area contributed by atoms with Crippen LogP contribution in [0, 0.1) is 0 Å². The van der Waals surface area contributed by atoms with Gasteiger partial charge in [-0.1, -0.05) is 30.9 Å². The minimum absolute atomic E-state index is 0.0450. The molecule has 1 saturated heterocycles. The van der Waals surface area contributed by atoms with Crippen LogP contribution in [0.25, 0.3) is 11.0 Å². The van der Waals surface area contributed by atoms with Crippen LogP contribution in [0.2, 0.25) is 5.02 Å². The summed E-state index contributed by atoms with van der Waals surface area (Å²) >= 11 is 6.54. The average molecular weight is 438 g/mol. The van der Waals surface area contributed by atoms with Crippen molar-refractivity contribution < 1.29 is 17.6 Å². The first kappa shape index (κ1) is 19.2. The summed E-state index contributed by atoms with van der Waals surface area (Å²) < 4.78 is 29.6. The maximum absolute atomic E-state index is 12.3. The van der Waals surface area contributed by atoms with Gasteiger partial charge in [-0.05, 0) is 31.4 Å². The van der Waals surface area contributed by atoms with E-state index in [4.69, 9.17) is 16.0 Å². The molecule has 9 heteroatoms. The Bertz CT molecular complexity index is 1090. The molecule has 3 heterocycles. The zero-order valence-electron chi connectivity index (χ0n) is 16.0. The fraction of sp³-hybridized carbons (Fsp3) is 0.550. The number of anilines is 1. The van der Waals surface area contributed by atoms with Crippen LogP contribution in [0.15, 0.2) is 16.5 Å². The van der Waals surface area contributed by atoms with Crippen molar-refractivity contribution >= 4 is 44.1 Å².